The van der Waals surface area contributed by atoms with Crippen LogP contribution in [0, 0.1) is 0 Å². The molecule has 0 radical (unpaired) electrons. The van der Waals surface area contributed by atoms with E-state index in [9.17, 15) is 5.11 Å². The van der Waals surface area contributed by atoms with E-state index in [1.165, 1.54) is 5.56 Å². The molecule has 6 heteroatoms. The minimum absolute atomic E-state index is 0. The lowest BCUT2D eigenvalue weighted by Gasteiger charge is -2.22. The van der Waals surface area contributed by atoms with Crippen LogP contribution in [0.2, 0.25) is 0 Å². The van der Waals surface area contributed by atoms with E-state index >= 15 is 0 Å². The number of nitrogens with two attached hydrogens (primary N) is 1. The predicted octanol–water partition coefficient (Wildman–Crippen LogP) is 4.66. The molecule has 150 valence electrons. The molecule has 0 amide bonds. The summed E-state index contributed by atoms with van der Waals surface area (Å²) in [5.74, 6) is 1.73. The van der Waals surface area contributed by atoms with E-state index in [0.717, 1.165) is 23.4 Å². The Balaban J connectivity index is 0.00000240. The molecule has 1 atom stereocenters. The van der Waals surface area contributed by atoms with Crippen molar-refractivity contribution >= 4 is 35.6 Å². The largest absolute Gasteiger partial charge is 0.457 e. The minimum atomic E-state index is -0.957. The van der Waals surface area contributed by atoms with Crippen LogP contribution in [0.25, 0.3) is 0 Å². The molecule has 0 fully saturated rings. The lowest BCUT2D eigenvalue weighted by atomic mass is 9.96. The SMILES string of the molecule is I.NC(=NCC1(O)CCc2ccccc21)Nc1cccc(Oc2ccccc2)c1. The van der Waals surface area contributed by atoms with Crippen LogP contribution in [0.4, 0.5) is 5.69 Å². The highest BCUT2D eigenvalue weighted by Crippen LogP contribution is 2.36. The van der Waals surface area contributed by atoms with Gasteiger partial charge in [0.25, 0.3) is 0 Å². The zero-order valence-electron chi connectivity index (χ0n) is 15.9. The van der Waals surface area contributed by atoms with Gasteiger partial charge in [0.05, 0.1) is 6.54 Å². The molecule has 1 unspecified atom stereocenters. The summed E-state index contributed by atoms with van der Waals surface area (Å²) in [7, 11) is 0. The fourth-order valence-electron chi connectivity index (χ4n) is 3.50. The van der Waals surface area contributed by atoms with Crippen molar-refractivity contribution in [3.05, 3.63) is 90.0 Å². The summed E-state index contributed by atoms with van der Waals surface area (Å²) < 4.78 is 5.84. The van der Waals surface area contributed by atoms with Crippen LogP contribution in [0.3, 0.4) is 0 Å². The number of halogens is 1. The Labute approximate surface area is 187 Å². The summed E-state index contributed by atoms with van der Waals surface area (Å²) in [6.07, 6.45) is 1.51. The number of anilines is 1. The maximum Gasteiger partial charge on any atom is 0.193 e. The number of ether oxygens (including phenoxy) is 1. The fourth-order valence-corrected chi connectivity index (χ4v) is 3.50. The smallest absolute Gasteiger partial charge is 0.193 e. The van der Waals surface area contributed by atoms with Gasteiger partial charge in [0.2, 0.25) is 0 Å². The zero-order valence-corrected chi connectivity index (χ0v) is 18.2. The van der Waals surface area contributed by atoms with Gasteiger partial charge in [-0.3, -0.25) is 0 Å². The van der Waals surface area contributed by atoms with E-state index in [2.05, 4.69) is 16.4 Å². The number of aliphatic imine (C=N–C) groups is 1. The molecule has 0 aromatic heterocycles. The Morgan fingerprint density at radius 3 is 2.55 bits per heavy atom. The van der Waals surface area contributed by atoms with Crippen molar-refractivity contribution in [2.45, 2.75) is 18.4 Å². The van der Waals surface area contributed by atoms with Crippen LogP contribution in [-0.2, 0) is 12.0 Å². The number of hydrogen-bond acceptors (Lipinski definition) is 3. The van der Waals surface area contributed by atoms with E-state index in [4.69, 9.17) is 10.5 Å². The second kappa shape index (κ2) is 9.28. The summed E-state index contributed by atoms with van der Waals surface area (Å²) in [5, 5.41) is 14.0. The Morgan fingerprint density at radius 1 is 1.00 bits per heavy atom. The van der Waals surface area contributed by atoms with E-state index < -0.39 is 5.60 Å². The van der Waals surface area contributed by atoms with Gasteiger partial charge in [-0.15, -0.1) is 24.0 Å². The van der Waals surface area contributed by atoms with E-state index in [0.29, 0.717) is 12.2 Å². The first-order chi connectivity index (χ1) is 13.6. The van der Waals surface area contributed by atoms with Gasteiger partial charge in [-0.25, -0.2) is 4.99 Å². The number of benzene rings is 3. The first-order valence-electron chi connectivity index (χ1n) is 9.33. The summed E-state index contributed by atoms with van der Waals surface area (Å²) in [6, 6.07) is 25.1. The average molecular weight is 501 g/mol. The molecule has 0 aliphatic heterocycles. The molecule has 1 aliphatic rings. The van der Waals surface area contributed by atoms with Crippen molar-refractivity contribution in [1.82, 2.24) is 0 Å². The monoisotopic (exact) mass is 501 g/mol. The van der Waals surface area contributed by atoms with Crippen LogP contribution in [0.15, 0.2) is 83.9 Å². The summed E-state index contributed by atoms with van der Waals surface area (Å²) in [5.41, 5.74) is 7.99. The van der Waals surface area contributed by atoms with Gasteiger partial charge in [-0.2, -0.15) is 0 Å². The Hall–Kier alpha value is -2.58. The van der Waals surface area contributed by atoms with Gasteiger partial charge in [-0.05, 0) is 48.2 Å². The Bertz CT molecular complexity index is 994. The number of para-hydroxylation sites is 1. The summed E-state index contributed by atoms with van der Waals surface area (Å²) in [4.78, 5) is 4.38. The molecular formula is C23H24IN3O2. The predicted molar refractivity (Wildman–Crippen MR) is 127 cm³/mol. The van der Waals surface area contributed by atoms with Gasteiger partial charge in [0, 0.05) is 11.8 Å². The molecular weight excluding hydrogens is 477 g/mol. The van der Waals surface area contributed by atoms with Gasteiger partial charge >= 0.3 is 0 Å². The number of aryl methyl sites for hydroxylation is 1. The molecule has 0 saturated heterocycles. The van der Waals surface area contributed by atoms with Gasteiger partial charge < -0.3 is 20.9 Å². The van der Waals surface area contributed by atoms with Crippen LogP contribution < -0.4 is 15.8 Å². The topological polar surface area (TPSA) is 79.9 Å². The van der Waals surface area contributed by atoms with Crippen molar-refractivity contribution in [1.29, 1.82) is 0 Å². The number of guanidine groups is 1. The molecule has 29 heavy (non-hydrogen) atoms. The number of fused-ring (bicyclic) bond motifs is 1. The van der Waals surface area contributed by atoms with Crippen LogP contribution in [0.1, 0.15) is 17.5 Å². The fraction of sp³-hybridized carbons (Fsp3) is 0.174. The van der Waals surface area contributed by atoms with E-state index in [-0.39, 0.29) is 36.5 Å². The number of rotatable bonds is 5. The van der Waals surface area contributed by atoms with Crippen molar-refractivity contribution in [3.63, 3.8) is 0 Å². The molecule has 0 spiro atoms. The molecule has 4 rings (SSSR count). The van der Waals surface area contributed by atoms with Crippen molar-refractivity contribution < 1.29 is 9.84 Å². The second-order valence-corrected chi connectivity index (χ2v) is 6.96. The number of hydrogen-bond donors (Lipinski definition) is 3. The Kier molecular flexibility index (Phi) is 6.76. The molecule has 4 N–H and O–H groups in total. The number of nitrogens with zero attached hydrogens (tertiary/aromatic N) is 1. The van der Waals surface area contributed by atoms with Gasteiger partial charge in [0.15, 0.2) is 5.96 Å². The first kappa shape index (κ1) is 21.1. The lowest BCUT2D eigenvalue weighted by molar-refractivity contribution is 0.0487. The third-order valence-electron chi connectivity index (χ3n) is 4.92. The lowest BCUT2D eigenvalue weighted by Crippen LogP contribution is -2.30. The van der Waals surface area contributed by atoms with Crippen LogP contribution >= 0.6 is 24.0 Å². The summed E-state index contributed by atoms with van der Waals surface area (Å²) >= 11 is 0. The summed E-state index contributed by atoms with van der Waals surface area (Å²) in [6.45, 7) is 0.225. The molecule has 1 aliphatic carbocycles. The highest BCUT2D eigenvalue weighted by molar-refractivity contribution is 14.0. The average Bonchev–Trinajstić information content (AvgIpc) is 3.05. The van der Waals surface area contributed by atoms with Crippen molar-refractivity contribution in [3.8, 4) is 11.5 Å². The highest BCUT2D eigenvalue weighted by atomic mass is 127. The van der Waals surface area contributed by atoms with Crippen LogP contribution in [0.5, 0.6) is 11.5 Å². The second-order valence-electron chi connectivity index (χ2n) is 6.96. The van der Waals surface area contributed by atoms with Gasteiger partial charge in [-0.1, -0.05) is 48.5 Å². The molecule has 0 heterocycles. The zero-order chi connectivity index (χ0) is 19.4. The Morgan fingerprint density at radius 2 is 1.72 bits per heavy atom. The van der Waals surface area contributed by atoms with Crippen molar-refractivity contribution in [2.24, 2.45) is 10.7 Å². The molecule has 0 saturated carbocycles. The normalized spacial score (nSPS) is 17.9. The van der Waals surface area contributed by atoms with E-state index in [1.807, 2.05) is 72.8 Å². The van der Waals surface area contributed by atoms with Crippen molar-refractivity contribution in [2.75, 3.05) is 11.9 Å². The maximum absolute atomic E-state index is 11.0. The first-order valence-corrected chi connectivity index (χ1v) is 9.33. The third kappa shape index (κ3) is 5.07. The molecule has 3 aromatic carbocycles. The number of aliphatic hydroxyl groups is 1. The minimum Gasteiger partial charge on any atom is -0.457 e. The molecule has 0 bridgehead atoms. The van der Waals surface area contributed by atoms with E-state index in [1.54, 1.807) is 0 Å². The quantitative estimate of drug-likeness (QED) is 0.270. The highest BCUT2D eigenvalue weighted by Gasteiger charge is 2.36. The van der Waals surface area contributed by atoms with Crippen LogP contribution in [-0.4, -0.2) is 17.6 Å². The maximum atomic E-state index is 11.0. The van der Waals surface area contributed by atoms with Gasteiger partial charge in [0.1, 0.15) is 17.1 Å². The number of nitrogens with one attached hydrogen (secondary N) is 1. The standard InChI is InChI=1S/C23H23N3O2.HI/c24-22(25-16-23(27)14-13-17-7-4-5-12-21(17)23)26-18-8-6-11-20(15-18)28-19-9-2-1-3-10-19;/h1-12,15,27H,13-14,16H2,(H3,24,25,26);1H. The molecule has 3 aromatic rings. The third-order valence-corrected chi connectivity index (χ3v) is 4.92. The molecule has 5 nitrogen and oxygen atoms in total.